The summed E-state index contributed by atoms with van der Waals surface area (Å²) in [5.74, 6) is 0.791. The second-order valence-electron chi connectivity index (χ2n) is 9.20. The Morgan fingerprint density at radius 3 is 2.58 bits per heavy atom. The van der Waals surface area contributed by atoms with Gasteiger partial charge in [0.1, 0.15) is 5.75 Å². The monoisotopic (exact) mass is 562 g/mol. The molecule has 0 radical (unpaired) electrons. The highest BCUT2D eigenvalue weighted by atomic mass is 79.9. The van der Waals surface area contributed by atoms with Crippen LogP contribution in [0.5, 0.6) is 5.75 Å². The zero-order valence-electron chi connectivity index (χ0n) is 20.0. The molecule has 1 unspecified atom stereocenters. The smallest absolute Gasteiger partial charge is 0.435 e. The fourth-order valence-electron chi connectivity index (χ4n) is 5.04. The summed E-state index contributed by atoms with van der Waals surface area (Å²) >= 11 is 3.43. The Balaban J connectivity index is 1.61. The second kappa shape index (κ2) is 9.53. The fraction of sp³-hybridized carbons (Fsp3) is 0.423. The van der Waals surface area contributed by atoms with Crippen molar-refractivity contribution in [2.75, 3.05) is 13.7 Å². The van der Waals surface area contributed by atoms with E-state index in [1.165, 1.54) is 10.9 Å². The summed E-state index contributed by atoms with van der Waals surface area (Å²) in [6.45, 7) is 2.45. The predicted molar refractivity (Wildman–Crippen MR) is 132 cm³/mol. The summed E-state index contributed by atoms with van der Waals surface area (Å²) in [5, 5.41) is 4.20. The number of halogens is 4. The van der Waals surface area contributed by atoms with Gasteiger partial charge in [0.2, 0.25) is 0 Å². The van der Waals surface area contributed by atoms with Gasteiger partial charge in [-0.2, -0.15) is 18.3 Å². The van der Waals surface area contributed by atoms with Gasteiger partial charge in [-0.15, -0.1) is 0 Å². The third-order valence-corrected chi connectivity index (χ3v) is 7.55. The van der Waals surface area contributed by atoms with E-state index in [4.69, 9.17) is 4.74 Å². The topological polar surface area (TPSA) is 60.2 Å². The summed E-state index contributed by atoms with van der Waals surface area (Å²) < 4.78 is 48.4. The van der Waals surface area contributed by atoms with Crippen LogP contribution in [-0.2, 0) is 24.5 Å². The molecule has 1 aliphatic carbocycles. The zero-order valence-corrected chi connectivity index (χ0v) is 21.6. The minimum Gasteiger partial charge on any atom is -0.497 e. The molecule has 1 fully saturated rings. The molecule has 3 aromatic rings. The summed E-state index contributed by atoms with van der Waals surface area (Å²) in [7, 11) is 1.59. The number of carbonyl (C=O) groups is 1. The number of pyridine rings is 1. The molecule has 6 nitrogen and oxygen atoms in total. The summed E-state index contributed by atoms with van der Waals surface area (Å²) in [5.41, 5.74) is 2.09. The van der Waals surface area contributed by atoms with E-state index >= 15 is 0 Å². The number of alkyl halides is 4. The van der Waals surface area contributed by atoms with Crippen molar-refractivity contribution in [3.05, 3.63) is 64.7 Å². The highest BCUT2D eigenvalue weighted by molar-refractivity contribution is 9.08. The van der Waals surface area contributed by atoms with Crippen molar-refractivity contribution >= 4 is 21.8 Å². The highest BCUT2D eigenvalue weighted by Crippen LogP contribution is 2.47. The van der Waals surface area contributed by atoms with Gasteiger partial charge in [0.25, 0.3) is 5.91 Å². The van der Waals surface area contributed by atoms with Crippen LogP contribution in [-0.4, -0.2) is 39.2 Å². The lowest BCUT2D eigenvalue weighted by atomic mass is 9.87. The molecule has 1 saturated carbocycles. The maximum Gasteiger partial charge on any atom is 0.435 e. The second-order valence-corrected chi connectivity index (χ2v) is 9.76. The summed E-state index contributed by atoms with van der Waals surface area (Å²) in [6, 6.07) is 6.96. The number of aryl methyl sites for hydroxylation is 1. The number of fused-ring (bicyclic) bond motifs is 1. The first-order chi connectivity index (χ1) is 17.2. The zero-order chi connectivity index (χ0) is 25.6. The Hall–Kier alpha value is -2.88. The van der Waals surface area contributed by atoms with Crippen LogP contribution in [0.15, 0.2) is 36.7 Å². The van der Waals surface area contributed by atoms with Crippen LogP contribution in [0.2, 0.25) is 0 Å². The lowest BCUT2D eigenvalue weighted by molar-refractivity contribution is -0.141. The molecule has 2 aliphatic rings. The number of amides is 1. The molecule has 0 spiro atoms. The lowest BCUT2D eigenvalue weighted by Gasteiger charge is -2.36. The van der Waals surface area contributed by atoms with E-state index in [1.807, 2.05) is 11.0 Å². The van der Waals surface area contributed by atoms with E-state index in [-0.39, 0.29) is 17.5 Å². The Morgan fingerprint density at radius 1 is 1.19 bits per heavy atom. The standard InChI is InChI=1S/C26H26BrF3N4O2/c1-3-33-14-21(24(32-33)26(28,29)30)19-10-15(13-27)11-20-18(19)7-9-34(25(20)35)23(16-4-5-16)22-12-17(36-2)6-8-31-22/h6,8,10-12,14,16,23H,3-5,7,9,13H2,1-2H3. The molecule has 10 heteroatoms. The minimum absolute atomic E-state index is 0.0119. The molecule has 1 aromatic carbocycles. The lowest BCUT2D eigenvalue weighted by Crippen LogP contribution is -2.41. The Morgan fingerprint density at radius 2 is 1.94 bits per heavy atom. The summed E-state index contributed by atoms with van der Waals surface area (Å²) in [6.07, 6.45) is 0.946. The maximum absolute atomic E-state index is 13.9. The number of methoxy groups -OCH3 is 1. The van der Waals surface area contributed by atoms with E-state index in [0.29, 0.717) is 53.2 Å². The first-order valence-corrected chi connectivity index (χ1v) is 13.0. The molecule has 0 N–H and O–H groups in total. The predicted octanol–water partition coefficient (Wildman–Crippen LogP) is 6.04. The van der Waals surface area contributed by atoms with E-state index in [9.17, 15) is 18.0 Å². The number of carbonyl (C=O) groups excluding carboxylic acids is 1. The molecule has 190 valence electrons. The average Bonchev–Trinajstić information content (AvgIpc) is 3.60. The molecule has 36 heavy (non-hydrogen) atoms. The molecule has 5 rings (SSSR count). The van der Waals surface area contributed by atoms with Gasteiger partial charge in [0.15, 0.2) is 5.69 Å². The van der Waals surface area contributed by atoms with Gasteiger partial charge in [-0.25, -0.2) is 0 Å². The van der Waals surface area contributed by atoms with Gasteiger partial charge in [0, 0.05) is 48.0 Å². The van der Waals surface area contributed by atoms with Crippen molar-refractivity contribution in [3.63, 3.8) is 0 Å². The normalized spacial score (nSPS) is 16.7. The molecule has 3 heterocycles. The summed E-state index contributed by atoms with van der Waals surface area (Å²) in [4.78, 5) is 20.3. The quantitative estimate of drug-likeness (QED) is 0.329. The van der Waals surface area contributed by atoms with Crippen LogP contribution in [0.25, 0.3) is 11.1 Å². The van der Waals surface area contributed by atoms with Crippen molar-refractivity contribution in [3.8, 4) is 16.9 Å². The van der Waals surface area contributed by atoms with Gasteiger partial charge in [-0.05, 0) is 67.0 Å². The Kier molecular flexibility index (Phi) is 6.57. The van der Waals surface area contributed by atoms with Gasteiger partial charge < -0.3 is 9.64 Å². The van der Waals surface area contributed by atoms with Crippen molar-refractivity contribution in [1.82, 2.24) is 19.7 Å². The molecular weight excluding hydrogens is 537 g/mol. The van der Waals surface area contributed by atoms with Crippen LogP contribution in [0, 0.1) is 5.92 Å². The van der Waals surface area contributed by atoms with Crippen molar-refractivity contribution < 1.29 is 22.7 Å². The van der Waals surface area contributed by atoms with Crippen LogP contribution in [0.4, 0.5) is 13.2 Å². The van der Waals surface area contributed by atoms with Gasteiger partial charge in [-0.3, -0.25) is 14.5 Å². The molecule has 2 aromatic heterocycles. The third-order valence-electron chi connectivity index (χ3n) is 6.90. The van der Waals surface area contributed by atoms with Crippen LogP contribution >= 0.6 is 15.9 Å². The number of rotatable bonds is 7. The number of benzene rings is 1. The van der Waals surface area contributed by atoms with E-state index in [1.54, 1.807) is 38.4 Å². The SMILES string of the molecule is CCn1cc(-c2cc(CBr)cc3c2CCN(C(c2cc(OC)ccn2)C2CC2)C3=O)c(C(F)(F)F)n1. The maximum atomic E-state index is 13.9. The van der Waals surface area contributed by atoms with Crippen LogP contribution in [0.1, 0.15) is 58.7 Å². The Labute approximate surface area is 215 Å². The first kappa shape index (κ1) is 24.8. The molecule has 0 saturated heterocycles. The average molecular weight is 563 g/mol. The van der Waals surface area contributed by atoms with Crippen molar-refractivity contribution in [1.29, 1.82) is 0 Å². The number of ether oxygens (including phenoxy) is 1. The fourth-order valence-corrected chi connectivity index (χ4v) is 5.36. The number of nitrogens with zero attached hydrogens (tertiary/aromatic N) is 4. The van der Waals surface area contributed by atoms with Gasteiger partial charge in [-0.1, -0.05) is 15.9 Å². The van der Waals surface area contributed by atoms with Crippen LogP contribution < -0.4 is 4.74 Å². The molecule has 0 bridgehead atoms. The highest BCUT2D eigenvalue weighted by Gasteiger charge is 2.43. The van der Waals surface area contributed by atoms with Gasteiger partial charge >= 0.3 is 6.18 Å². The van der Waals surface area contributed by atoms with E-state index in [2.05, 4.69) is 26.0 Å². The van der Waals surface area contributed by atoms with Crippen LogP contribution in [0.3, 0.4) is 0 Å². The van der Waals surface area contributed by atoms with Crippen molar-refractivity contribution in [2.24, 2.45) is 5.92 Å². The largest absolute Gasteiger partial charge is 0.497 e. The van der Waals surface area contributed by atoms with Gasteiger partial charge in [0.05, 0.1) is 18.8 Å². The third kappa shape index (κ3) is 4.51. The number of aromatic nitrogens is 3. The molecule has 1 atom stereocenters. The minimum atomic E-state index is -4.60. The molecule has 1 aliphatic heterocycles. The Bertz CT molecular complexity index is 1300. The van der Waals surface area contributed by atoms with E-state index < -0.39 is 11.9 Å². The first-order valence-electron chi connectivity index (χ1n) is 11.9. The van der Waals surface area contributed by atoms with Crippen molar-refractivity contribution in [2.45, 2.75) is 50.3 Å². The molecular formula is C26H26BrF3N4O2. The number of hydrogen-bond donors (Lipinski definition) is 0. The van der Waals surface area contributed by atoms with E-state index in [0.717, 1.165) is 24.1 Å². The molecule has 1 amide bonds. The number of hydrogen-bond acceptors (Lipinski definition) is 4.